The average Bonchev–Trinajstić information content (AvgIpc) is 3.83. The van der Waals surface area contributed by atoms with Gasteiger partial charge in [-0.25, -0.2) is 0 Å². The van der Waals surface area contributed by atoms with Gasteiger partial charge < -0.3 is 9.13 Å². The van der Waals surface area contributed by atoms with Crippen molar-refractivity contribution in [1.29, 1.82) is 5.26 Å². The number of hydrogen-bond acceptors (Lipinski definition) is 1. The van der Waals surface area contributed by atoms with Gasteiger partial charge in [0.15, 0.2) is 0 Å². The number of halogens is 3. The van der Waals surface area contributed by atoms with E-state index in [-0.39, 0.29) is 0 Å². The summed E-state index contributed by atoms with van der Waals surface area (Å²) in [5.74, 6) is 0. The molecular formula is C59H40F3N3. The molecule has 65 heavy (non-hydrogen) atoms. The fraction of sp³-hybridized carbons (Fsp3) is 0.0678. The van der Waals surface area contributed by atoms with E-state index in [0.29, 0.717) is 22.3 Å². The Morgan fingerprint density at radius 3 is 1.49 bits per heavy atom. The Balaban J connectivity index is 1.22. The first kappa shape index (κ1) is 39.7. The zero-order chi connectivity index (χ0) is 44.6. The minimum absolute atomic E-state index is 0.464. The van der Waals surface area contributed by atoms with E-state index in [0.717, 1.165) is 88.4 Å². The van der Waals surface area contributed by atoms with Crippen molar-refractivity contribution < 1.29 is 13.2 Å². The summed E-state index contributed by atoms with van der Waals surface area (Å²) in [6, 6.07) is 64.9. The molecule has 0 amide bonds. The summed E-state index contributed by atoms with van der Waals surface area (Å²) in [6.45, 7) is 5.94. The highest BCUT2D eigenvalue weighted by Gasteiger charge is 2.31. The molecule has 0 aliphatic rings. The smallest absolute Gasteiger partial charge is 0.309 e. The Labute approximate surface area is 374 Å². The average molecular weight is 848 g/mol. The second-order valence-corrected chi connectivity index (χ2v) is 17.0. The molecule has 0 atom stereocenters. The van der Waals surface area contributed by atoms with Crippen LogP contribution in [0.3, 0.4) is 0 Å². The third-order valence-corrected chi connectivity index (χ3v) is 12.9. The van der Waals surface area contributed by atoms with Crippen molar-refractivity contribution in [3.63, 3.8) is 0 Å². The van der Waals surface area contributed by atoms with Crippen LogP contribution in [-0.4, -0.2) is 9.13 Å². The fourth-order valence-electron chi connectivity index (χ4n) is 9.85. The number of rotatable bonds is 6. The molecule has 0 aliphatic heterocycles. The number of nitriles is 1. The number of aromatic nitrogens is 2. The molecule has 0 N–H and O–H groups in total. The molecule has 312 valence electrons. The minimum atomic E-state index is -4.51. The number of alkyl halides is 3. The minimum Gasteiger partial charge on any atom is -0.309 e. The van der Waals surface area contributed by atoms with Gasteiger partial charge in [0.2, 0.25) is 0 Å². The van der Waals surface area contributed by atoms with Crippen LogP contribution in [0.15, 0.2) is 188 Å². The van der Waals surface area contributed by atoms with Gasteiger partial charge in [-0.1, -0.05) is 115 Å². The molecule has 0 radical (unpaired) electrons. The van der Waals surface area contributed by atoms with Crippen LogP contribution in [0.1, 0.15) is 27.8 Å². The Morgan fingerprint density at radius 1 is 0.400 bits per heavy atom. The predicted octanol–water partition coefficient (Wildman–Crippen LogP) is 16.4. The van der Waals surface area contributed by atoms with Crippen molar-refractivity contribution in [2.45, 2.75) is 26.9 Å². The van der Waals surface area contributed by atoms with Gasteiger partial charge in [-0.05, 0) is 144 Å². The SMILES string of the molecule is Cc1cc(-c2ccc(-n3c4ccccc4c4cc(-c5ccccc5C)ccc43)c(-c3ccc(C#N)cc3-n3c4ccccc4c4cc(-c5ccccc5C)ccc43)c2)cc(C(F)(F)F)c1. The summed E-state index contributed by atoms with van der Waals surface area (Å²) >= 11 is 0. The van der Waals surface area contributed by atoms with E-state index < -0.39 is 11.7 Å². The van der Waals surface area contributed by atoms with E-state index in [2.05, 4.69) is 138 Å². The molecule has 3 nitrogen and oxygen atoms in total. The van der Waals surface area contributed by atoms with E-state index in [1.807, 2.05) is 60.7 Å². The monoisotopic (exact) mass is 847 g/mol. The summed E-state index contributed by atoms with van der Waals surface area (Å²) in [6.07, 6.45) is -4.51. The molecule has 0 fully saturated rings. The lowest BCUT2D eigenvalue weighted by Crippen LogP contribution is -2.05. The molecule has 9 aromatic carbocycles. The highest BCUT2D eigenvalue weighted by molar-refractivity contribution is 6.13. The van der Waals surface area contributed by atoms with Crippen LogP contribution in [0, 0.1) is 32.1 Å². The summed E-state index contributed by atoms with van der Waals surface area (Å²) in [5, 5.41) is 14.7. The molecule has 0 unspecified atom stereocenters. The number of hydrogen-bond donors (Lipinski definition) is 0. The molecule has 11 aromatic rings. The highest BCUT2D eigenvalue weighted by atomic mass is 19.4. The van der Waals surface area contributed by atoms with Gasteiger partial charge in [-0.15, -0.1) is 0 Å². The molecule has 0 saturated heterocycles. The zero-order valence-corrected chi connectivity index (χ0v) is 35.9. The predicted molar refractivity (Wildman–Crippen MR) is 261 cm³/mol. The van der Waals surface area contributed by atoms with Gasteiger partial charge >= 0.3 is 6.18 Å². The molecule has 2 aromatic heterocycles. The maximum absolute atomic E-state index is 14.4. The molecule has 11 rings (SSSR count). The van der Waals surface area contributed by atoms with Crippen LogP contribution in [0.2, 0.25) is 0 Å². The van der Waals surface area contributed by atoms with Crippen LogP contribution in [-0.2, 0) is 6.18 Å². The molecule has 0 spiro atoms. The van der Waals surface area contributed by atoms with Gasteiger partial charge in [0.05, 0.1) is 50.6 Å². The van der Waals surface area contributed by atoms with Gasteiger partial charge in [0, 0.05) is 32.7 Å². The van der Waals surface area contributed by atoms with Crippen molar-refractivity contribution in [2.75, 3.05) is 0 Å². The van der Waals surface area contributed by atoms with E-state index in [9.17, 15) is 18.4 Å². The quantitative estimate of drug-likeness (QED) is 0.164. The number of nitrogens with zero attached hydrogens (tertiary/aromatic N) is 3. The first-order chi connectivity index (χ1) is 31.6. The molecule has 0 bridgehead atoms. The van der Waals surface area contributed by atoms with Gasteiger partial charge in [-0.3, -0.25) is 0 Å². The maximum atomic E-state index is 14.4. The van der Waals surface area contributed by atoms with E-state index in [1.165, 1.54) is 23.3 Å². The summed E-state index contributed by atoms with van der Waals surface area (Å²) in [4.78, 5) is 0. The zero-order valence-electron chi connectivity index (χ0n) is 35.9. The fourth-order valence-corrected chi connectivity index (χ4v) is 9.85. The summed E-state index contributed by atoms with van der Waals surface area (Å²) in [7, 11) is 0. The Hall–Kier alpha value is -8.14. The Bertz CT molecular complexity index is 3760. The number of fused-ring (bicyclic) bond motifs is 6. The first-order valence-corrected chi connectivity index (χ1v) is 21.6. The van der Waals surface area contributed by atoms with E-state index in [1.54, 1.807) is 13.0 Å². The molecule has 0 aliphatic carbocycles. The molecule has 0 saturated carbocycles. The van der Waals surface area contributed by atoms with Gasteiger partial charge in [0.1, 0.15) is 0 Å². The second kappa shape index (κ2) is 15.3. The Morgan fingerprint density at radius 2 is 0.923 bits per heavy atom. The summed E-state index contributed by atoms with van der Waals surface area (Å²) in [5.41, 5.74) is 15.5. The lowest BCUT2D eigenvalue weighted by Gasteiger charge is -2.20. The maximum Gasteiger partial charge on any atom is 0.416 e. The van der Waals surface area contributed by atoms with Crippen molar-refractivity contribution in [3.05, 3.63) is 216 Å². The number of aryl methyl sites for hydroxylation is 3. The lowest BCUT2D eigenvalue weighted by atomic mass is 9.93. The molecule has 6 heteroatoms. The number of para-hydroxylation sites is 2. The van der Waals surface area contributed by atoms with Crippen molar-refractivity contribution in [2.24, 2.45) is 0 Å². The van der Waals surface area contributed by atoms with Crippen LogP contribution in [0.4, 0.5) is 13.2 Å². The van der Waals surface area contributed by atoms with Gasteiger partial charge in [-0.2, -0.15) is 18.4 Å². The lowest BCUT2D eigenvalue weighted by molar-refractivity contribution is -0.137. The largest absolute Gasteiger partial charge is 0.416 e. The summed E-state index contributed by atoms with van der Waals surface area (Å²) < 4.78 is 47.6. The second-order valence-electron chi connectivity index (χ2n) is 17.0. The Kier molecular flexibility index (Phi) is 9.34. The van der Waals surface area contributed by atoms with Crippen molar-refractivity contribution in [1.82, 2.24) is 9.13 Å². The normalized spacial score (nSPS) is 11.8. The highest BCUT2D eigenvalue weighted by Crippen LogP contribution is 2.44. The molecule has 2 heterocycles. The van der Waals surface area contributed by atoms with Gasteiger partial charge in [0.25, 0.3) is 0 Å². The number of benzene rings is 9. The standard InChI is InChI=1S/C59H40F3N3/c1-36-28-43(31-44(29-36)59(60,61)62)40-21-25-55(64-53-18-10-8-16-47(53)51-33-41(22-26-56(51)64)45-14-6-4-12-37(45)2)50(32-40)49-24-20-39(35-63)30-58(49)65-54-19-11-9-17-48(54)52-34-42(23-27-57(52)65)46-15-7-5-13-38(46)3/h4-34H,1-3H3. The third-order valence-electron chi connectivity index (χ3n) is 12.9. The van der Waals surface area contributed by atoms with Crippen molar-refractivity contribution >= 4 is 43.6 Å². The first-order valence-electron chi connectivity index (χ1n) is 21.6. The van der Waals surface area contributed by atoms with Crippen LogP contribution in [0.5, 0.6) is 0 Å². The van der Waals surface area contributed by atoms with E-state index in [4.69, 9.17) is 0 Å². The molecular weight excluding hydrogens is 808 g/mol. The van der Waals surface area contributed by atoms with Crippen LogP contribution in [0.25, 0.3) is 99.5 Å². The van der Waals surface area contributed by atoms with Crippen molar-refractivity contribution in [3.8, 4) is 62.0 Å². The third kappa shape index (κ3) is 6.67. The topological polar surface area (TPSA) is 33.6 Å². The van der Waals surface area contributed by atoms with Crippen LogP contribution < -0.4 is 0 Å². The van der Waals surface area contributed by atoms with E-state index >= 15 is 0 Å². The van der Waals surface area contributed by atoms with Crippen LogP contribution >= 0.6 is 0 Å².